The Morgan fingerprint density at radius 3 is 2.76 bits per heavy atom. The molecule has 98 valence electrons. The van der Waals surface area contributed by atoms with Gasteiger partial charge in [0.2, 0.25) is 5.95 Å². The van der Waals surface area contributed by atoms with E-state index in [2.05, 4.69) is 21.8 Å². The molecule has 0 amide bonds. The van der Waals surface area contributed by atoms with Gasteiger partial charge in [-0.15, -0.1) is 0 Å². The van der Waals surface area contributed by atoms with Crippen molar-refractivity contribution in [3.8, 4) is 0 Å². The molecule has 5 nitrogen and oxygen atoms in total. The van der Waals surface area contributed by atoms with Crippen LogP contribution >= 0.6 is 0 Å². The monoisotopic (exact) mass is 241 g/mol. The molecule has 1 N–H and O–H groups in total. The Bertz CT molecular complexity index is 326. The smallest absolute Gasteiger partial charge is 0.203 e. The van der Waals surface area contributed by atoms with Gasteiger partial charge in [-0.1, -0.05) is 6.92 Å². The number of nitrogens with zero attached hydrogens (tertiary/aromatic N) is 2. The van der Waals surface area contributed by atoms with E-state index in [0.717, 1.165) is 24.6 Å². The second-order valence-electron chi connectivity index (χ2n) is 4.10. The molecule has 5 heteroatoms. The summed E-state index contributed by atoms with van der Waals surface area (Å²) < 4.78 is 12.3. The molecule has 0 spiro atoms. The van der Waals surface area contributed by atoms with Crippen molar-refractivity contribution in [1.82, 2.24) is 9.55 Å². The Balaban J connectivity index is 2.67. The number of hydrogen-bond acceptors (Lipinski definition) is 4. The van der Waals surface area contributed by atoms with E-state index in [9.17, 15) is 0 Å². The molecule has 0 bridgehead atoms. The number of nitrogens with one attached hydrogen (secondary N) is 1. The Labute approximate surface area is 103 Å². The van der Waals surface area contributed by atoms with E-state index in [4.69, 9.17) is 9.47 Å². The second-order valence-corrected chi connectivity index (χ2v) is 4.10. The van der Waals surface area contributed by atoms with E-state index in [1.807, 2.05) is 13.1 Å². The highest BCUT2D eigenvalue weighted by Crippen LogP contribution is 2.11. The number of ether oxygens (including phenoxy) is 2. The largest absolute Gasteiger partial charge is 0.383 e. The number of imidazole rings is 1. The van der Waals surface area contributed by atoms with Crippen LogP contribution in [0.5, 0.6) is 0 Å². The zero-order chi connectivity index (χ0) is 12.7. The standard InChI is InChI=1S/C12H23N3O2/c1-5-11(9-17-4)14-12-13-10(2)8-15(12)6-7-16-3/h8,11H,5-7,9H2,1-4H3,(H,13,14). The molecule has 1 heterocycles. The maximum atomic E-state index is 5.17. The van der Waals surface area contributed by atoms with E-state index in [1.165, 1.54) is 0 Å². The third-order valence-electron chi connectivity index (χ3n) is 2.63. The van der Waals surface area contributed by atoms with Gasteiger partial charge in [0, 0.05) is 27.0 Å². The summed E-state index contributed by atoms with van der Waals surface area (Å²) in [7, 11) is 3.42. The predicted molar refractivity (Wildman–Crippen MR) is 68.4 cm³/mol. The summed E-state index contributed by atoms with van der Waals surface area (Å²) in [5.41, 5.74) is 1.01. The molecule has 1 aromatic heterocycles. The lowest BCUT2D eigenvalue weighted by Crippen LogP contribution is -2.26. The van der Waals surface area contributed by atoms with Crippen LogP contribution in [0.2, 0.25) is 0 Å². The normalized spacial score (nSPS) is 12.7. The molecular weight excluding hydrogens is 218 g/mol. The Hall–Kier alpha value is -1.07. The molecule has 0 aliphatic heterocycles. The molecule has 0 aliphatic carbocycles. The van der Waals surface area contributed by atoms with E-state index in [-0.39, 0.29) is 0 Å². The lowest BCUT2D eigenvalue weighted by Gasteiger charge is -2.17. The van der Waals surface area contributed by atoms with Crippen molar-refractivity contribution >= 4 is 5.95 Å². The summed E-state index contributed by atoms with van der Waals surface area (Å²) in [6, 6.07) is 0.295. The van der Waals surface area contributed by atoms with Crippen LogP contribution in [-0.4, -0.2) is 43.0 Å². The zero-order valence-corrected chi connectivity index (χ0v) is 11.2. The highest BCUT2D eigenvalue weighted by molar-refractivity contribution is 5.30. The van der Waals surface area contributed by atoms with Crippen LogP contribution in [0.4, 0.5) is 5.95 Å². The quantitative estimate of drug-likeness (QED) is 0.752. The van der Waals surface area contributed by atoms with Crippen LogP contribution in [0.3, 0.4) is 0 Å². The SMILES string of the molecule is CCC(COC)Nc1nc(C)cn1CCOC. The molecule has 0 saturated carbocycles. The molecule has 1 aromatic rings. The number of aromatic nitrogens is 2. The van der Waals surface area contributed by atoms with Crippen LogP contribution in [0.25, 0.3) is 0 Å². The zero-order valence-electron chi connectivity index (χ0n) is 11.2. The number of methoxy groups -OCH3 is 2. The van der Waals surface area contributed by atoms with E-state index >= 15 is 0 Å². The maximum absolute atomic E-state index is 5.17. The summed E-state index contributed by atoms with van der Waals surface area (Å²) in [4.78, 5) is 4.47. The summed E-state index contributed by atoms with van der Waals surface area (Å²) in [6.45, 7) is 6.30. The van der Waals surface area contributed by atoms with Gasteiger partial charge >= 0.3 is 0 Å². The molecule has 17 heavy (non-hydrogen) atoms. The van der Waals surface area contributed by atoms with Crippen LogP contribution in [0.15, 0.2) is 6.20 Å². The van der Waals surface area contributed by atoms with E-state index in [0.29, 0.717) is 19.3 Å². The Kier molecular flexibility index (Phi) is 6.00. The topological polar surface area (TPSA) is 48.3 Å². The van der Waals surface area contributed by atoms with Gasteiger partial charge in [-0.05, 0) is 13.3 Å². The first-order chi connectivity index (χ1) is 8.21. The molecule has 0 radical (unpaired) electrons. The molecule has 0 aromatic carbocycles. The summed E-state index contributed by atoms with van der Waals surface area (Å²) >= 11 is 0. The fraction of sp³-hybridized carbons (Fsp3) is 0.750. The van der Waals surface area contributed by atoms with Gasteiger partial charge in [0.25, 0.3) is 0 Å². The van der Waals surface area contributed by atoms with E-state index < -0.39 is 0 Å². The first kappa shape index (κ1) is 14.0. The van der Waals surface area contributed by atoms with Gasteiger partial charge in [0.05, 0.1) is 24.9 Å². The molecule has 1 atom stereocenters. The van der Waals surface area contributed by atoms with Crippen molar-refractivity contribution in [2.75, 3.05) is 32.8 Å². The van der Waals surface area contributed by atoms with Crippen LogP contribution in [0.1, 0.15) is 19.0 Å². The number of anilines is 1. The number of hydrogen-bond donors (Lipinski definition) is 1. The predicted octanol–water partition coefficient (Wildman–Crippen LogP) is 1.67. The maximum Gasteiger partial charge on any atom is 0.203 e. The van der Waals surface area contributed by atoms with Crippen molar-refractivity contribution in [3.63, 3.8) is 0 Å². The minimum Gasteiger partial charge on any atom is -0.383 e. The van der Waals surface area contributed by atoms with Crippen LogP contribution < -0.4 is 5.32 Å². The lowest BCUT2D eigenvalue weighted by molar-refractivity contribution is 0.182. The Morgan fingerprint density at radius 1 is 1.41 bits per heavy atom. The average molecular weight is 241 g/mol. The average Bonchev–Trinajstić information content (AvgIpc) is 2.66. The highest BCUT2D eigenvalue weighted by atomic mass is 16.5. The molecular formula is C12H23N3O2. The first-order valence-electron chi connectivity index (χ1n) is 5.99. The third-order valence-corrected chi connectivity index (χ3v) is 2.63. The fourth-order valence-electron chi connectivity index (χ4n) is 1.67. The van der Waals surface area contributed by atoms with Gasteiger partial charge in [0.1, 0.15) is 0 Å². The molecule has 0 aliphatic rings. The number of aryl methyl sites for hydroxylation is 1. The van der Waals surface area contributed by atoms with Gasteiger partial charge < -0.3 is 19.4 Å². The first-order valence-corrected chi connectivity index (χ1v) is 5.99. The Morgan fingerprint density at radius 2 is 2.18 bits per heavy atom. The molecule has 0 fully saturated rings. The van der Waals surface area contributed by atoms with Crippen LogP contribution in [-0.2, 0) is 16.0 Å². The van der Waals surface area contributed by atoms with E-state index in [1.54, 1.807) is 14.2 Å². The van der Waals surface area contributed by atoms with Crippen molar-refractivity contribution < 1.29 is 9.47 Å². The van der Waals surface area contributed by atoms with Crippen molar-refractivity contribution in [3.05, 3.63) is 11.9 Å². The molecule has 1 unspecified atom stereocenters. The minimum atomic E-state index is 0.295. The minimum absolute atomic E-state index is 0.295. The van der Waals surface area contributed by atoms with Crippen molar-refractivity contribution in [2.24, 2.45) is 0 Å². The summed E-state index contributed by atoms with van der Waals surface area (Å²) in [5, 5.41) is 3.40. The van der Waals surface area contributed by atoms with Gasteiger partial charge in [-0.3, -0.25) is 0 Å². The lowest BCUT2D eigenvalue weighted by atomic mass is 10.2. The van der Waals surface area contributed by atoms with Gasteiger partial charge in [-0.2, -0.15) is 0 Å². The van der Waals surface area contributed by atoms with Crippen molar-refractivity contribution in [2.45, 2.75) is 32.9 Å². The fourth-order valence-corrected chi connectivity index (χ4v) is 1.67. The molecule has 0 saturated heterocycles. The van der Waals surface area contributed by atoms with Gasteiger partial charge in [0.15, 0.2) is 0 Å². The molecule has 1 rings (SSSR count). The summed E-state index contributed by atoms with van der Waals surface area (Å²) in [6.07, 6.45) is 3.03. The highest BCUT2D eigenvalue weighted by Gasteiger charge is 2.10. The summed E-state index contributed by atoms with van der Waals surface area (Å²) in [5.74, 6) is 0.892. The van der Waals surface area contributed by atoms with Crippen LogP contribution in [0, 0.1) is 6.92 Å². The second kappa shape index (κ2) is 7.29. The third kappa shape index (κ3) is 4.36. The number of rotatable bonds is 8. The van der Waals surface area contributed by atoms with Gasteiger partial charge in [-0.25, -0.2) is 4.98 Å². The van der Waals surface area contributed by atoms with Crippen molar-refractivity contribution in [1.29, 1.82) is 0 Å².